The van der Waals surface area contributed by atoms with Crippen molar-refractivity contribution in [3.05, 3.63) is 28.8 Å². The fourth-order valence-corrected chi connectivity index (χ4v) is 2.56. The molecule has 1 aromatic carbocycles. The van der Waals surface area contributed by atoms with Gasteiger partial charge in [-0.15, -0.1) is 12.4 Å². The summed E-state index contributed by atoms with van der Waals surface area (Å²) < 4.78 is 63.5. The quantitative estimate of drug-likeness (QED) is 0.799. The molecule has 0 fully saturated rings. The number of sulfonamides is 1. The van der Waals surface area contributed by atoms with Crippen LogP contribution >= 0.6 is 24.0 Å². The Morgan fingerprint density at radius 1 is 1.25 bits per heavy atom. The first-order chi connectivity index (χ1) is 8.68. The van der Waals surface area contributed by atoms with E-state index in [1.54, 1.807) is 7.05 Å². The third kappa shape index (κ3) is 5.10. The van der Waals surface area contributed by atoms with Crippen molar-refractivity contribution < 1.29 is 21.6 Å². The highest BCUT2D eigenvalue weighted by molar-refractivity contribution is 7.89. The van der Waals surface area contributed by atoms with Crippen LogP contribution in [0.15, 0.2) is 23.1 Å². The van der Waals surface area contributed by atoms with E-state index >= 15 is 0 Å². The summed E-state index contributed by atoms with van der Waals surface area (Å²) in [7, 11) is -2.36. The smallest absolute Gasteiger partial charge is 0.318 e. The molecule has 0 aliphatic heterocycles. The molecule has 1 rings (SSSR count). The second kappa shape index (κ2) is 7.46. The number of rotatable bonds is 5. The summed E-state index contributed by atoms with van der Waals surface area (Å²) in [5, 5.41) is 2.17. The first-order valence-electron chi connectivity index (χ1n) is 5.19. The summed E-state index contributed by atoms with van der Waals surface area (Å²) in [4.78, 5) is -0.472. The molecule has 0 aromatic heterocycles. The summed E-state index contributed by atoms with van der Waals surface area (Å²) in [5.74, 6) is 0. The fraction of sp³-hybridized carbons (Fsp3) is 0.400. The first kappa shape index (κ1) is 19.5. The SMILES string of the molecule is CNCCNS(=O)(=O)c1ccc(Cl)c(C(F)(F)F)c1.Cl. The minimum absolute atomic E-state index is 0. The highest BCUT2D eigenvalue weighted by atomic mass is 35.5. The van der Waals surface area contributed by atoms with Gasteiger partial charge >= 0.3 is 6.18 Å². The molecule has 116 valence electrons. The maximum atomic E-state index is 12.6. The van der Waals surface area contributed by atoms with Gasteiger partial charge in [0.1, 0.15) is 0 Å². The topological polar surface area (TPSA) is 58.2 Å². The van der Waals surface area contributed by atoms with Crippen molar-refractivity contribution in [2.75, 3.05) is 20.1 Å². The van der Waals surface area contributed by atoms with Crippen LogP contribution in [0.4, 0.5) is 13.2 Å². The van der Waals surface area contributed by atoms with Crippen LogP contribution in [-0.2, 0) is 16.2 Å². The molecule has 0 saturated carbocycles. The highest BCUT2D eigenvalue weighted by Crippen LogP contribution is 2.35. The molecular formula is C10H13Cl2F3N2O2S. The van der Waals surface area contributed by atoms with Crippen molar-refractivity contribution >= 4 is 34.0 Å². The lowest BCUT2D eigenvalue weighted by Crippen LogP contribution is -2.30. The van der Waals surface area contributed by atoms with E-state index in [-0.39, 0.29) is 19.0 Å². The molecule has 0 atom stereocenters. The third-order valence-corrected chi connectivity index (χ3v) is 4.01. The van der Waals surface area contributed by atoms with E-state index in [4.69, 9.17) is 11.6 Å². The minimum atomic E-state index is -4.70. The maximum absolute atomic E-state index is 12.6. The molecule has 0 aliphatic carbocycles. The number of hydrogen-bond acceptors (Lipinski definition) is 3. The second-order valence-corrected chi connectivity index (χ2v) is 5.81. The molecule has 20 heavy (non-hydrogen) atoms. The Labute approximate surface area is 126 Å². The molecule has 0 bridgehead atoms. The Bertz CT molecular complexity index is 550. The predicted octanol–water partition coefficient (Wildman–Crippen LogP) is 2.28. The van der Waals surface area contributed by atoms with Gasteiger partial charge in [0.05, 0.1) is 15.5 Å². The van der Waals surface area contributed by atoms with Crippen molar-refractivity contribution in [1.82, 2.24) is 10.0 Å². The Kier molecular flexibility index (Phi) is 7.26. The van der Waals surface area contributed by atoms with Gasteiger partial charge in [0, 0.05) is 13.1 Å². The van der Waals surface area contributed by atoms with Gasteiger partial charge in [0.25, 0.3) is 0 Å². The van der Waals surface area contributed by atoms with E-state index in [0.717, 1.165) is 12.1 Å². The molecule has 0 heterocycles. The zero-order chi connectivity index (χ0) is 14.7. The van der Waals surface area contributed by atoms with Crippen molar-refractivity contribution in [2.24, 2.45) is 0 Å². The van der Waals surface area contributed by atoms with Crippen molar-refractivity contribution in [1.29, 1.82) is 0 Å². The number of hydrogen-bond donors (Lipinski definition) is 2. The van der Waals surface area contributed by atoms with Gasteiger partial charge in [-0.3, -0.25) is 0 Å². The van der Waals surface area contributed by atoms with Gasteiger partial charge in [-0.05, 0) is 25.2 Å². The van der Waals surface area contributed by atoms with Gasteiger partial charge in [-0.25, -0.2) is 13.1 Å². The summed E-state index contributed by atoms with van der Waals surface area (Å²) >= 11 is 5.41. The number of nitrogens with one attached hydrogen (secondary N) is 2. The lowest BCUT2D eigenvalue weighted by atomic mass is 10.2. The number of benzene rings is 1. The van der Waals surface area contributed by atoms with E-state index in [0.29, 0.717) is 12.6 Å². The first-order valence-corrected chi connectivity index (χ1v) is 7.05. The van der Waals surface area contributed by atoms with Crippen LogP contribution in [0.25, 0.3) is 0 Å². The average molecular weight is 353 g/mol. The largest absolute Gasteiger partial charge is 0.417 e. The predicted molar refractivity (Wildman–Crippen MR) is 72.8 cm³/mol. The second-order valence-electron chi connectivity index (χ2n) is 3.64. The van der Waals surface area contributed by atoms with Gasteiger partial charge in [-0.1, -0.05) is 11.6 Å². The van der Waals surface area contributed by atoms with Crippen LogP contribution < -0.4 is 10.0 Å². The monoisotopic (exact) mass is 352 g/mol. The molecule has 0 amide bonds. The molecule has 0 radical (unpaired) electrons. The van der Waals surface area contributed by atoms with Crippen LogP contribution in [-0.4, -0.2) is 28.6 Å². The van der Waals surface area contributed by atoms with Gasteiger partial charge in [0.2, 0.25) is 10.0 Å². The molecule has 4 nitrogen and oxygen atoms in total. The highest BCUT2D eigenvalue weighted by Gasteiger charge is 2.34. The van der Waals surface area contributed by atoms with E-state index in [2.05, 4.69) is 10.0 Å². The maximum Gasteiger partial charge on any atom is 0.417 e. The third-order valence-electron chi connectivity index (χ3n) is 2.22. The zero-order valence-electron chi connectivity index (χ0n) is 10.3. The Balaban J connectivity index is 0.00000361. The van der Waals surface area contributed by atoms with Crippen molar-refractivity contribution in [3.63, 3.8) is 0 Å². The Morgan fingerprint density at radius 3 is 2.35 bits per heavy atom. The molecule has 2 N–H and O–H groups in total. The van der Waals surface area contributed by atoms with Crippen LogP contribution in [0.3, 0.4) is 0 Å². The summed E-state index contributed by atoms with van der Waals surface area (Å²) in [5.41, 5.74) is -1.18. The number of halogens is 5. The lowest BCUT2D eigenvalue weighted by molar-refractivity contribution is -0.137. The minimum Gasteiger partial charge on any atom is -0.318 e. The zero-order valence-corrected chi connectivity index (χ0v) is 12.7. The van der Waals surface area contributed by atoms with E-state index < -0.39 is 31.7 Å². The summed E-state index contributed by atoms with van der Waals surface area (Å²) in [6.45, 7) is 0.432. The van der Waals surface area contributed by atoms with E-state index in [1.807, 2.05) is 0 Å². The van der Waals surface area contributed by atoms with E-state index in [1.165, 1.54) is 0 Å². The molecule has 0 spiro atoms. The standard InChI is InChI=1S/C10H12ClF3N2O2S.ClH/c1-15-4-5-16-19(17,18)7-2-3-9(11)8(6-7)10(12,13)14;/h2-3,6,15-16H,4-5H2,1H3;1H. The van der Waals surface area contributed by atoms with Crippen LogP contribution in [0, 0.1) is 0 Å². The summed E-state index contributed by atoms with van der Waals surface area (Å²) in [6.07, 6.45) is -4.70. The Hall–Kier alpha value is -0.540. The number of alkyl halides is 3. The normalized spacial score (nSPS) is 12.1. The molecule has 0 saturated heterocycles. The van der Waals surface area contributed by atoms with Gasteiger partial charge < -0.3 is 5.32 Å². The molecule has 10 heteroatoms. The average Bonchev–Trinajstić information content (AvgIpc) is 2.27. The molecule has 0 unspecified atom stereocenters. The lowest BCUT2D eigenvalue weighted by Gasteiger charge is -2.12. The molecule has 1 aromatic rings. The van der Waals surface area contributed by atoms with Crippen LogP contribution in [0.5, 0.6) is 0 Å². The van der Waals surface area contributed by atoms with E-state index in [9.17, 15) is 21.6 Å². The van der Waals surface area contributed by atoms with Gasteiger partial charge in [0.15, 0.2) is 0 Å². The molecule has 0 aliphatic rings. The summed E-state index contributed by atoms with van der Waals surface area (Å²) in [6, 6.07) is 2.46. The molecular weight excluding hydrogens is 340 g/mol. The number of likely N-dealkylation sites (N-methyl/N-ethyl adjacent to an activating group) is 1. The van der Waals surface area contributed by atoms with Crippen LogP contribution in [0.2, 0.25) is 5.02 Å². The van der Waals surface area contributed by atoms with Crippen molar-refractivity contribution in [3.8, 4) is 0 Å². The van der Waals surface area contributed by atoms with Crippen molar-refractivity contribution in [2.45, 2.75) is 11.1 Å². The van der Waals surface area contributed by atoms with Gasteiger partial charge in [-0.2, -0.15) is 13.2 Å². The fourth-order valence-electron chi connectivity index (χ4n) is 1.28. The Morgan fingerprint density at radius 2 is 1.85 bits per heavy atom. The van der Waals surface area contributed by atoms with Crippen LogP contribution in [0.1, 0.15) is 5.56 Å².